The quantitative estimate of drug-likeness (QED) is 0.795. The maximum atomic E-state index is 5.78. The minimum atomic E-state index is 0.370. The monoisotopic (exact) mass is 288 g/mol. The fraction of sp³-hybridized carbons (Fsp3) is 0.529. The number of aromatic nitrogens is 1. The Hall–Kier alpha value is -1.36. The predicted molar refractivity (Wildman–Crippen MR) is 84.5 cm³/mol. The van der Waals surface area contributed by atoms with Gasteiger partial charge in [0.1, 0.15) is 0 Å². The molecule has 2 aromatic rings. The van der Waals surface area contributed by atoms with Crippen molar-refractivity contribution < 1.29 is 9.47 Å². The Morgan fingerprint density at radius 2 is 2.33 bits per heavy atom. The number of hydrogen-bond acceptors (Lipinski definition) is 3. The van der Waals surface area contributed by atoms with Crippen LogP contribution in [0.2, 0.25) is 0 Å². The molecule has 1 aliphatic rings. The molecule has 1 aromatic carbocycles. The molecular weight excluding hydrogens is 264 g/mol. The van der Waals surface area contributed by atoms with Crippen molar-refractivity contribution in [3.63, 3.8) is 0 Å². The van der Waals surface area contributed by atoms with Crippen molar-refractivity contribution in [2.75, 3.05) is 26.9 Å². The van der Waals surface area contributed by atoms with Gasteiger partial charge >= 0.3 is 0 Å². The first-order valence-corrected chi connectivity index (χ1v) is 7.76. The number of rotatable bonds is 7. The smallest absolute Gasteiger partial charge is 0.0754 e. The van der Waals surface area contributed by atoms with Crippen molar-refractivity contribution in [3.05, 3.63) is 36.0 Å². The van der Waals surface area contributed by atoms with Gasteiger partial charge in [-0.05, 0) is 29.9 Å². The average Bonchev–Trinajstić information content (AvgIpc) is 3.15. The van der Waals surface area contributed by atoms with Crippen LogP contribution in [0.15, 0.2) is 30.5 Å². The first kappa shape index (κ1) is 14.6. The highest BCUT2D eigenvalue weighted by molar-refractivity contribution is 5.83. The minimum absolute atomic E-state index is 0.370. The normalized spacial score (nSPS) is 18.6. The molecule has 114 valence electrons. The van der Waals surface area contributed by atoms with E-state index in [1.807, 2.05) is 0 Å². The summed E-state index contributed by atoms with van der Waals surface area (Å²) in [6.45, 7) is 4.36. The minimum Gasteiger partial charge on any atom is -0.383 e. The predicted octanol–water partition coefficient (Wildman–Crippen LogP) is 2.56. The summed E-state index contributed by atoms with van der Waals surface area (Å²) in [6.07, 6.45) is 4.92. The molecule has 1 aromatic heterocycles. The van der Waals surface area contributed by atoms with E-state index in [4.69, 9.17) is 9.47 Å². The van der Waals surface area contributed by atoms with Crippen LogP contribution in [0.25, 0.3) is 10.9 Å². The van der Waals surface area contributed by atoms with Crippen molar-refractivity contribution in [2.24, 2.45) is 0 Å². The highest BCUT2D eigenvalue weighted by Gasteiger charge is 2.17. The van der Waals surface area contributed by atoms with E-state index in [1.165, 1.54) is 29.3 Å². The number of hydrogen-bond donors (Lipinski definition) is 1. The van der Waals surface area contributed by atoms with Crippen molar-refractivity contribution in [2.45, 2.75) is 32.0 Å². The zero-order chi connectivity index (χ0) is 14.5. The van der Waals surface area contributed by atoms with E-state index in [-0.39, 0.29) is 0 Å². The number of nitrogens with zero attached hydrogens (tertiary/aromatic N) is 1. The highest BCUT2D eigenvalue weighted by Crippen LogP contribution is 2.23. The Bertz CT molecular complexity index is 573. The third kappa shape index (κ3) is 3.46. The lowest BCUT2D eigenvalue weighted by Gasteiger charge is -2.14. The van der Waals surface area contributed by atoms with E-state index in [0.29, 0.717) is 6.10 Å². The summed E-state index contributed by atoms with van der Waals surface area (Å²) >= 11 is 0. The molecule has 3 rings (SSSR count). The van der Waals surface area contributed by atoms with Crippen LogP contribution in [-0.4, -0.2) is 37.5 Å². The van der Waals surface area contributed by atoms with Gasteiger partial charge in [0.25, 0.3) is 0 Å². The third-order valence-electron chi connectivity index (χ3n) is 4.09. The molecule has 0 amide bonds. The zero-order valence-electron chi connectivity index (χ0n) is 12.7. The molecule has 2 heterocycles. The molecule has 1 aliphatic heterocycles. The van der Waals surface area contributed by atoms with Crippen LogP contribution < -0.4 is 5.32 Å². The average molecular weight is 288 g/mol. The lowest BCUT2D eigenvalue weighted by Crippen LogP contribution is -2.19. The van der Waals surface area contributed by atoms with Crippen molar-refractivity contribution in [1.82, 2.24) is 9.88 Å². The molecule has 1 saturated heterocycles. The van der Waals surface area contributed by atoms with Gasteiger partial charge in [-0.2, -0.15) is 0 Å². The van der Waals surface area contributed by atoms with Gasteiger partial charge in [0.2, 0.25) is 0 Å². The van der Waals surface area contributed by atoms with E-state index in [2.05, 4.69) is 40.3 Å². The summed E-state index contributed by atoms with van der Waals surface area (Å²) in [4.78, 5) is 0. The largest absolute Gasteiger partial charge is 0.383 e. The van der Waals surface area contributed by atoms with Crippen LogP contribution in [0, 0.1) is 0 Å². The summed E-state index contributed by atoms with van der Waals surface area (Å²) < 4.78 is 13.2. The molecular formula is C17H24N2O2. The van der Waals surface area contributed by atoms with Gasteiger partial charge in [0.05, 0.1) is 18.2 Å². The Morgan fingerprint density at radius 1 is 1.38 bits per heavy atom. The number of ether oxygens (including phenoxy) is 2. The van der Waals surface area contributed by atoms with Crippen LogP contribution in [0.1, 0.15) is 18.4 Å². The first-order valence-electron chi connectivity index (χ1n) is 7.76. The SMILES string of the molecule is COCCNCc1cccc2ccn(CC3CCCO3)c12. The first-order chi connectivity index (χ1) is 10.4. The number of methoxy groups -OCH3 is 1. The number of fused-ring (bicyclic) bond motifs is 1. The lowest BCUT2D eigenvalue weighted by atomic mass is 10.1. The van der Waals surface area contributed by atoms with Crippen LogP contribution in [0.5, 0.6) is 0 Å². The van der Waals surface area contributed by atoms with Crippen molar-refractivity contribution in [3.8, 4) is 0 Å². The van der Waals surface area contributed by atoms with Crippen molar-refractivity contribution >= 4 is 10.9 Å². The van der Waals surface area contributed by atoms with E-state index in [1.54, 1.807) is 7.11 Å². The molecule has 1 fully saturated rings. The van der Waals surface area contributed by atoms with Crippen molar-refractivity contribution in [1.29, 1.82) is 0 Å². The summed E-state index contributed by atoms with van der Waals surface area (Å²) in [7, 11) is 1.73. The Balaban J connectivity index is 1.76. The van der Waals surface area contributed by atoms with Gasteiger partial charge in [-0.1, -0.05) is 18.2 Å². The Labute approximate surface area is 126 Å². The van der Waals surface area contributed by atoms with Gasteiger partial charge < -0.3 is 19.4 Å². The van der Waals surface area contributed by atoms with Crippen LogP contribution >= 0.6 is 0 Å². The molecule has 0 radical (unpaired) electrons. The summed E-state index contributed by atoms with van der Waals surface area (Å²) in [5.74, 6) is 0. The molecule has 0 spiro atoms. The molecule has 4 nitrogen and oxygen atoms in total. The molecule has 0 aliphatic carbocycles. The summed E-state index contributed by atoms with van der Waals surface area (Å²) in [6, 6.07) is 8.71. The molecule has 1 N–H and O–H groups in total. The second kappa shape index (κ2) is 7.07. The van der Waals surface area contributed by atoms with Crippen LogP contribution in [-0.2, 0) is 22.6 Å². The Kier molecular flexibility index (Phi) is 4.91. The van der Waals surface area contributed by atoms with Gasteiger partial charge in [-0.15, -0.1) is 0 Å². The molecule has 1 atom stereocenters. The fourth-order valence-corrected chi connectivity index (χ4v) is 3.04. The van der Waals surface area contributed by atoms with Crippen LogP contribution in [0.4, 0.5) is 0 Å². The fourth-order valence-electron chi connectivity index (χ4n) is 3.04. The standard InChI is InChI=1S/C17H24N2O2/c1-20-11-8-18-12-15-5-2-4-14-7-9-19(17(14)15)13-16-6-3-10-21-16/h2,4-5,7,9,16,18H,3,6,8,10-13H2,1H3. The van der Waals surface area contributed by atoms with E-state index >= 15 is 0 Å². The van der Waals surface area contributed by atoms with Gasteiger partial charge in [0.15, 0.2) is 0 Å². The Morgan fingerprint density at radius 3 is 3.14 bits per heavy atom. The number of nitrogens with one attached hydrogen (secondary N) is 1. The highest BCUT2D eigenvalue weighted by atomic mass is 16.5. The van der Waals surface area contributed by atoms with Gasteiger partial charge in [0, 0.05) is 39.5 Å². The maximum absolute atomic E-state index is 5.78. The molecule has 0 bridgehead atoms. The summed E-state index contributed by atoms with van der Waals surface area (Å²) in [5.41, 5.74) is 2.67. The van der Waals surface area contributed by atoms with Gasteiger partial charge in [-0.3, -0.25) is 0 Å². The summed E-state index contributed by atoms with van der Waals surface area (Å²) in [5, 5.41) is 4.74. The number of benzene rings is 1. The van der Waals surface area contributed by atoms with Crippen LogP contribution in [0.3, 0.4) is 0 Å². The molecule has 1 unspecified atom stereocenters. The second-order valence-electron chi connectivity index (χ2n) is 5.63. The van der Waals surface area contributed by atoms with Gasteiger partial charge in [-0.25, -0.2) is 0 Å². The van der Waals surface area contributed by atoms with E-state index in [0.717, 1.165) is 32.8 Å². The van der Waals surface area contributed by atoms with E-state index in [9.17, 15) is 0 Å². The van der Waals surface area contributed by atoms with E-state index < -0.39 is 0 Å². The third-order valence-corrected chi connectivity index (χ3v) is 4.09. The molecule has 0 saturated carbocycles. The molecule has 4 heteroatoms. The lowest BCUT2D eigenvalue weighted by molar-refractivity contribution is 0.0980. The molecule has 21 heavy (non-hydrogen) atoms. The number of para-hydroxylation sites is 1. The second-order valence-corrected chi connectivity index (χ2v) is 5.63. The zero-order valence-corrected chi connectivity index (χ0v) is 12.7. The topological polar surface area (TPSA) is 35.4 Å². The maximum Gasteiger partial charge on any atom is 0.0754 e.